The highest BCUT2D eigenvalue weighted by atomic mass is 79.9. The maximum absolute atomic E-state index is 3.66. The summed E-state index contributed by atoms with van der Waals surface area (Å²) in [7, 11) is 0. The summed E-state index contributed by atoms with van der Waals surface area (Å²) < 4.78 is 1.24. The van der Waals surface area contributed by atoms with E-state index in [4.69, 9.17) is 0 Å². The van der Waals surface area contributed by atoms with Crippen LogP contribution in [-0.4, -0.2) is 30.1 Å². The smallest absolute Gasteiger partial charge is 0.0701 e. The van der Waals surface area contributed by atoms with Gasteiger partial charge < -0.3 is 5.32 Å². The summed E-state index contributed by atoms with van der Waals surface area (Å²) in [5, 5.41) is 3.66. The molecule has 2 nitrogen and oxygen atoms in total. The Morgan fingerprint density at radius 3 is 2.78 bits per heavy atom. The minimum absolute atomic E-state index is 0.530. The van der Waals surface area contributed by atoms with Gasteiger partial charge in [0.15, 0.2) is 0 Å². The molecule has 0 aromatic carbocycles. The molecule has 3 unspecified atom stereocenters. The fraction of sp³-hybridized carbons (Fsp3) is 0.714. The lowest BCUT2D eigenvalue weighted by atomic mass is 10.0. The molecule has 1 aliphatic heterocycles. The lowest BCUT2D eigenvalue weighted by Crippen LogP contribution is -2.56. The number of nitrogens with zero attached hydrogens (tertiary/aromatic N) is 1. The molecular formula is C14H23BrN2S. The molecule has 1 fully saturated rings. The molecule has 1 N–H and O–H groups in total. The number of nitrogens with one attached hydrogen (secondary N) is 1. The Morgan fingerprint density at radius 1 is 1.44 bits per heavy atom. The van der Waals surface area contributed by atoms with Gasteiger partial charge in [0.25, 0.3) is 0 Å². The van der Waals surface area contributed by atoms with E-state index >= 15 is 0 Å². The third kappa shape index (κ3) is 3.16. The van der Waals surface area contributed by atoms with Crippen molar-refractivity contribution in [2.45, 2.75) is 51.7 Å². The average molecular weight is 331 g/mol. The predicted molar refractivity (Wildman–Crippen MR) is 83.3 cm³/mol. The molecule has 4 heteroatoms. The fourth-order valence-corrected chi connectivity index (χ4v) is 4.23. The van der Waals surface area contributed by atoms with Crippen molar-refractivity contribution in [3.05, 3.63) is 20.8 Å². The summed E-state index contributed by atoms with van der Waals surface area (Å²) in [4.78, 5) is 4.15. The Kier molecular flexibility index (Phi) is 5.24. The zero-order chi connectivity index (χ0) is 13.1. The molecule has 102 valence electrons. The SMILES string of the molecule is CCC1CN(C(C)c2ccc(Br)s2)C(CC)CN1. The third-order valence-corrected chi connectivity index (χ3v) is 5.80. The zero-order valence-corrected chi connectivity index (χ0v) is 13.9. The van der Waals surface area contributed by atoms with E-state index in [9.17, 15) is 0 Å². The fourth-order valence-electron chi connectivity index (χ4n) is 2.73. The van der Waals surface area contributed by atoms with E-state index in [1.807, 2.05) is 11.3 Å². The summed E-state index contributed by atoms with van der Waals surface area (Å²) in [5.74, 6) is 0. The molecule has 1 aliphatic rings. The van der Waals surface area contributed by atoms with Crippen molar-refractivity contribution >= 4 is 27.3 Å². The molecule has 0 bridgehead atoms. The van der Waals surface area contributed by atoms with E-state index in [0.29, 0.717) is 18.1 Å². The summed E-state index contributed by atoms with van der Waals surface area (Å²) in [6.07, 6.45) is 2.44. The summed E-state index contributed by atoms with van der Waals surface area (Å²) in [6.45, 7) is 9.22. The van der Waals surface area contributed by atoms with Crippen LogP contribution < -0.4 is 5.32 Å². The molecule has 0 radical (unpaired) electrons. The van der Waals surface area contributed by atoms with E-state index in [1.165, 1.54) is 28.0 Å². The molecule has 3 atom stereocenters. The monoisotopic (exact) mass is 330 g/mol. The van der Waals surface area contributed by atoms with Crippen LogP contribution in [-0.2, 0) is 0 Å². The van der Waals surface area contributed by atoms with Crippen molar-refractivity contribution in [3.8, 4) is 0 Å². The van der Waals surface area contributed by atoms with Crippen molar-refractivity contribution < 1.29 is 0 Å². The number of halogens is 1. The van der Waals surface area contributed by atoms with Gasteiger partial charge in [-0.25, -0.2) is 0 Å². The Morgan fingerprint density at radius 2 is 2.22 bits per heavy atom. The second kappa shape index (κ2) is 6.51. The lowest BCUT2D eigenvalue weighted by Gasteiger charge is -2.43. The predicted octanol–water partition coefficient (Wildman–Crippen LogP) is 4.03. The van der Waals surface area contributed by atoms with Gasteiger partial charge in [0.05, 0.1) is 3.79 Å². The van der Waals surface area contributed by atoms with Gasteiger partial charge in [-0.15, -0.1) is 11.3 Å². The van der Waals surface area contributed by atoms with Crippen LogP contribution in [0.3, 0.4) is 0 Å². The molecule has 1 aromatic heterocycles. The Bertz CT molecular complexity index is 380. The first kappa shape index (κ1) is 14.5. The number of piperazine rings is 1. The van der Waals surface area contributed by atoms with E-state index in [-0.39, 0.29) is 0 Å². The topological polar surface area (TPSA) is 15.3 Å². The molecule has 2 heterocycles. The van der Waals surface area contributed by atoms with Crippen molar-refractivity contribution in [2.24, 2.45) is 0 Å². The van der Waals surface area contributed by atoms with Gasteiger partial charge >= 0.3 is 0 Å². The molecular weight excluding hydrogens is 308 g/mol. The second-order valence-corrected chi connectivity index (χ2v) is 7.58. The Hall–Kier alpha value is 0.1000. The Balaban J connectivity index is 2.12. The van der Waals surface area contributed by atoms with Gasteiger partial charge in [0.2, 0.25) is 0 Å². The minimum atomic E-state index is 0.530. The molecule has 0 amide bonds. The molecule has 0 aliphatic carbocycles. The van der Waals surface area contributed by atoms with Crippen LogP contribution in [0.2, 0.25) is 0 Å². The maximum atomic E-state index is 3.66. The van der Waals surface area contributed by atoms with Crippen LogP contribution in [0.25, 0.3) is 0 Å². The summed E-state index contributed by atoms with van der Waals surface area (Å²) in [6, 6.07) is 6.27. The summed E-state index contributed by atoms with van der Waals surface area (Å²) >= 11 is 5.44. The van der Waals surface area contributed by atoms with Crippen LogP contribution in [0.4, 0.5) is 0 Å². The number of hydrogen-bond donors (Lipinski definition) is 1. The van der Waals surface area contributed by atoms with Gasteiger partial charge in [0, 0.05) is 36.1 Å². The number of hydrogen-bond acceptors (Lipinski definition) is 3. The van der Waals surface area contributed by atoms with E-state index in [2.05, 4.69) is 59.1 Å². The quantitative estimate of drug-likeness (QED) is 0.896. The van der Waals surface area contributed by atoms with Gasteiger partial charge in [0.1, 0.15) is 0 Å². The van der Waals surface area contributed by atoms with Gasteiger partial charge in [-0.1, -0.05) is 13.8 Å². The number of thiophene rings is 1. The maximum Gasteiger partial charge on any atom is 0.0701 e. The second-order valence-electron chi connectivity index (χ2n) is 5.09. The third-order valence-electron chi connectivity index (χ3n) is 4.01. The van der Waals surface area contributed by atoms with Crippen molar-refractivity contribution in [2.75, 3.05) is 13.1 Å². The first-order valence-electron chi connectivity index (χ1n) is 6.90. The molecule has 2 rings (SSSR count). The van der Waals surface area contributed by atoms with Crippen LogP contribution in [0.1, 0.15) is 44.5 Å². The summed E-state index contributed by atoms with van der Waals surface area (Å²) in [5.41, 5.74) is 0. The van der Waals surface area contributed by atoms with Gasteiger partial charge in [-0.05, 0) is 47.8 Å². The zero-order valence-electron chi connectivity index (χ0n) is 11.4. The molecule has 1 saturated heterocycles. The van der Waals surface area contributed by atoms with Crippen LogP contribution in [0, 0.1) is 0 Å². The van der Waals surface area contributed by atoms with Crippen LogP contribution >= 0.6 is 27.3 Å². The molecule has 18 heavy (non-hydrogen) atoms. The van der Waals surface area contributed by atoms with Crippen LogP contribution in [0.5, 0.6) is 0 Å². The van der Waals surface area contributed by atoms with Crippen molar-refractivity contribution in [1.82, 2.24) is 10.2 Å². The first-order valence-corrected chi connectivity index (χ1v) is 8.51. The van der Waals surface area contributed by atoms with Crippen molar-refractivity contribution in [1.29, 1.82) is 0 Å². The molecule has 0 spiro atoms. The highest BCUT2D eigenvalue weighted by molar-refractivity contribution is 9.11. The highest BCUT2D eigenvalue weighted by Gasteiger charge is 2.30. The standard InChI is InChI=1S/C14H23BrN2S/c1-4-11-9-17(12(5-2)8-16-11)10(3)13-6-7-14(15)18-13/h6-7,10-12,16H,4-5,8-9H2,1-3H3. The normalized spacial score (nSPS) is 27.3. The van der Waals surface area contributed by atoms with Crippen LogP contribution in [0.15, 0.2) is 15.9 Å². The number of rotatable bonds is 4. The highest BCUT2D eigenvalue weighted by Crippen LogP contribution is 2.33. The molecule has 0 saturated carbocycles. The van der Waals surface area contributed by atoms with E-state index < -0.39 is 0 Å². The lowest BCUT2D eigenvalue weighted by molar-refractivity contribution is 0.0865. The first-order chi connectivity index (χ1) is 8.65. The average Bonchev–Trinajstić information content (AvgIpc) is 2.83. The van der Waals surface area contributed by atoms with Gasteiger partial charge in [-0.2, -0.15) is 0 Å². The van der Waals surface area contributed by atoms with Gasteiger partial charge in [-0.3, -0.25) is 4.90 Å². The molecule has 1 aromatic rings. The van der Waals surface area contributed by atoms with E-state index in [1.54, 1.807) is 0 Å². The Labute approximate surface area is 123 Å². The van der Waals surface area contributed by atoms with E-state index in [0.717, 1.165) is 6.54 Å². The minimum Gasteiger partial charge on any atom is -0.311 e. The largest absolute Gasteiger partial charge is 0.311 e. The van der Waals surface area contributed by atoms with Crippen molar-refractivity contribution in [3.63, 3.8) is 0 Å².